The first-order chi connectivity index (χ1) is 9.71. The number of methoxy groups -OCH3 is 1. The number of rotatable bonds is 6. The minimum Gasteiger partial charge on any atom is -0.385 e. The van der Waals surface area contributed by atoms with E-state index in [1.807, 2.05) is 12.1 Å². The second kappa shape index (κ2) is 6.74. The van der Waals surface area contributed by atoms with Crippen LogP contribution < -0.4 is 0 Å². The molecule has 0 N–H and O–H groups in total. The minimum absolute atomic E-state index is 0.257. The van der Waals surface area contributed by atoms with Crippen molar-refractivity contribution in [3.63, 3.8) is 0 Å². The minimum atomic E-state index is 0.257. The SMILES string of the molecule is COCCC(C)n1c(CCCl)nc2ccc(C#N)cc21. The second-order valence-corrected chi connectivity index (χ2v) is 5.16. The normalized spacial score (nSPS) is 12.5. The molecular formula is C15H18ClN3O. The summed E-state index contributed by atoms with van der Waals surface area (Å²) in [5.74, 6) is 1.50. The lowest BCUT2D eigenvalue weighted by molar-refractivity contribution is 0.181. The molecule has 20 heavy (non-hydrogen) atoms. The van der Waals surface area contributed by atoms with E-state index in [2.05, 4.69) is 22.5 Å². The molecule has 1 aromatic heterocycles. The van der Waals surface area contributed by atoms with Crippen molar-refractivity contribution >= 4 is 22.6 Å². The van der Waals surface area contributed by atoms with Crippen LogP contribution >= 0.6 is 11.6 Å². The largest absolute Gasteiger partial charge is 0.385 e. The second-order valence-electron chi connectivity index (χ2n) is 4.78. The van der Waals surface area contributed by atoms with Gasteiger partial charge in [-0.3, -0.25) is 0 Å². The Morgan fingerprint density at radius 2 is 2.30 bits per heavy atom. The molecule has 2 aromatic rings. The van der Waals surface area contributed by atoms with Crippen molar-refractivity contribution in [3.05, 3.63) is 29.6 Å². The Morgan fingerprint density at radius 3 is 2.95 bits per heavy atom. The lowest BCUT2D eigenvalue weighted by atomic mass is 10.2. The number of ether oxygens (including phenoxy) is 1. The maximum Gasteiger partial charge on any atom is 0.111 e. The van der Waals surface area contributed by atoms with Gasteiger partial charge in [-0.2, -0.15) is 5.26 Å². The number of alkyl halides is 1. The lowest BCUT2D eigenvalue weighted by Gasteiger charge is -2.17. The predicted molar refractivity (Wildman–Crippen MR) is 80.1 cm³/mol. The van der Waals surface area contributed by atoms with Crippen molar-refractivity contribution in [1.82, 2.24) is 9.55 Å². The van der Waals surface area contributed by atoms with Gasteiger partial charge in [-0.25, -0.2) is 4.98 Å². The molecule has 0 bridgehead atoms. The summed E-state index contributed by atoms with van der Waals surface area (Å²) in [6, 6.07) is 8.02. The van der Waals surface area contributed by atoms with Gasteiger partial charge < -0.3 is 9.30 Å². The molecule has 0 aliphatic carbocycles. The molecule has 0 saturated carbocycles. The Kier molecular flexibility index (Phi) is 4.99. The lowest BCUT2D eigenvalue weighted by Crippen LogP contribution is -2.12. The molecule has 106 valence electrons. The number of fused-ring (bicyclic) bond motifs is 1. The van der Waals surface area contributed by atoms with Crippen LogP contribution in [0.25, 0.3) is 11.0 Å². The van der Waals surface area contributed by atoms with Crippen LogP contribution in [0, 0.1) is 11.3 Å². The van der Waals surface area contributed by atoms with Gasteiger partial charge in [-0.15, -0.1) is 11.6 Å². The van der Waals surface area contributed by atoms with Gasteiger partial charge in [0.1, 0.15) is 5.82 Å². The number of hydrogen-bond acceptors (Lipinski definition) is 3. The quantitative estimate of drug-likeness (QED) is 0.767. The Labute approximate surface area is 123 Å². The number of aromatic nitrogens is 2. The third kappa shape index (κ3) is 2.95. The summed E-state index contributed by atoms with van der Waals surface area (Å²) in [5, 5.41) is 9.06. The summed E-state index contributed by atoms with van der Waals surface area (Å²) < 4.78 is 7.33. The van der Waals surface area contributed by atoms with Gasteiger partial charge in [-0.1, -0.05) is 0 Å². The Bertz CT molecular complexity index is 630. The average molecular weight is 292 g/mol. The molecule has 1 heterocycles. The molecule has 4 nitrogen and oxygen atoms in total. The van der Waals surface area contributed by atoms with E-state index in [0.29, 0.717) is 18.1 Å². The third-order valence-electron chi connectivity index (χ3n) is 3.39. The number of nitriles is 1. The fourth-order valence-electron chi connectivity index (χ4n) is 2.38. The van der Waals surface area contributed by atoms with Gasteiger partial charge in [-0.05, 0) is 31.5 Å². The zero-order valence-corrected chi connectivity index (χ0v) is 12.5. The fraction of sp³-hybridized carbons (Fsp3) is 0.467. The number of benzene rings is 1. The number of halogens is 1. The van der Waals surface area contributed by atoms with Gasteiger partial charge in [0.05, 0.1) is 22.7 Å². The van der Waals surface area contributed by atoms with Crippen molar-refractivity contribution in [1.29, 1.82) is 5.26 Å². The summed E-state index contributed by atoms with van der Waals surface area (Å²) in [5.41, 5.74) is 2.55. The van der Waals surface area contributed by atoms with E-state index in [1.54, 1.807) is 13.2 Å². The zero-order chi connectivity index (χ0) is 14.5. The first kappa shape index (κ1) is 14.8. The Morgan fingerprint density at radius 1 is 1.50 bits per heavy atom. The highest BCUT2D eigenvalue weighted by Crippen LogP contribution is 2.24. The molecule has 1 atom stereocenters. The predicted octanol–water partition coefficient (Wildman–Crippen LogP) is 3.29. The van der Waals surface area contributed by atoms with Gasteiger partial charge in [0.25, 0.3) is 0 Å². The monoisotopic (exact) mass is 291 g/mol. The molecule has 0 aliphatic rings. The molecule has 1 aromatic carbocycles. The first-order valence-corrected chi connectivity index (χ1v) is 7.20. The van der Waals surface area contributed by atoms with E-state index in [-0.39, 0.29) is 6.04 Å². The zero-order valence-electron chi connectivity index (χ0n) is 11.8. The maximum absolute atomic E-state index is 9.06. The van der Waals surface area contributed by atoms with Gasteiger partial charge in [0, 0.05) is 32.1 Å². The van der Waals surface area contributed by atoms with Gasteiger partial charge in [0.2, 0.25) is 0 Å². The van der Waals surface area contributed by atoms with Crippen LogP contribution in [0.15, 0.2) is 18.2 Å². The van der Waals surface area contributed by atoms with Crippen LogP contribution in [0.5, 0.6) is 0 Å². The van der Waals surface area contributed by atoms with Gasteiger partial charge in [0.15, 0.2) is 0 Å². The van der Waals surface area contributed by atoms with E-state index in [4.69, 9.17) is 21.6 Å². The fourth-order valence-corrected chi connectivity index (χ4v) is 2.55. The first-order valence-electron chi connectivity index (χ1n) is 6.67. The van der Waals surface area contributed by atoms with E-state index in [1.165, 1.54) is 0 Å². The summed E-state index contributed by atoms with van der Waals surface area (Å²) >= 11 is 5.87. The van der Waals surface area contributed by atoms with E-state index >= 15 is 0 Å². The molecular weight excluding hydrogens is 274 g/mol. The van der Waals surface area contributed by atoms with E-state index < -0.39 is 0 Å². The van der Waals surface area contributed by atoms with Crippen molar-refractivity contribution in [2.24, 2.45) is 0 Å². The van der Waals surface area contributed by atoms with Crippen molar-refractivity contribution < 1.29 is 4.74 Å². The maximum atomic E-state index is 9.06. The van der Waals surface area contributed by atoms with Crippen LogP contribution in [-0.4, -0.2) is 29.1 Å². The van der Waals surface area contributed by atoms with E-state index in [0.717, 1.165) is 29.7 Å². The number of aryl methyl sites for hydroxylation is 1. The summed E-state index contributed by atoms with van der Waals surface area (Å²) in [7, 11) is 1.70. The molecule has 0 radical (unpaired) electrons. The third-order valence-corrected chi connectivity index (χ3v) is 3.58. The van der Waals surface area contributed by atoms with Crippen LogP contribution in [0.4, 0.5) is 0 Å². The van der Waals surface area contributed by atoms with Crippen LogP contribution in [0.1, 0.15) is 30.8 Å². The van der Waals surface area contributed by atoms with Crippen molar-refractivity contribution in [2.45, 2.75) is 25.8 Å². The Balaban J connectivity index is 2.51. The van der Waals surface area contributed by atoms with Crippen LogP contribution in [0.2, 0.25) is 0 Å². The molecule has 0 fully saturated rings. The van der Waals surface area contributed by atoms with Crippen LogP contribution in [-0.2, 0) is 11.2 Å². The summed E-state index contributed by atoms with van der Waals surface area (Å²) in [6.07, 6.45) is 1.61. The molecule has 2 rings (SSSR count). The molecule has 0 spiro atoms. The van der Waals surface area contributed by atoms with Gasteiger partial charge >= 0.3 is 0 Å². The highest BCUT2D eigenvalue weighted by Gasteiger charge is 2.15. The number of imidazole rings is 1. The highest BCUT2D eigenvalue weighted by atomic mass is 35.5. The average Bonchev–Trinajstić information content (AvgIpc) is 2.82. The number of nitrogens with zero attached hydrogens (tertiary/aromatic N) is 3. The van der Waals surface area contributed by atoms with E-state index in [9.17, 15) is 0 Å². The highest BCUT2D eigenvalue weighted by molar-refractivity contribution is 6.17. The topological polar surface area (TPSA) is 50.8 Å². The smallest absolute Gasteiger partial charge is 0.111 e. The summed E-state index contributed by atoms with van der Waals surface area (Å²) in [4.78, 5) is 4.64. The van der Waals surface area contributed by atoms with Crippen LogP contribution in [0.3, 0.4) is 0 Å². The molecule has 0 saturated heterocycles. The molecule has 0 aliphatic heterocycles. The standard InChI is InChI=1S/C15H18ClN3O/c1-11(6-8-20-2)19-14-9-12(10-17)3-4-13(14)18-15(19)5-7-16/h3-4,9,11H,5-8H2,1-2H3. The van der Waals surface area contributed by atoms with Crippen molar-refractivity contribution in [3.8, 4) is 6.07 Å². The Hall–Kier alpha value is -1.57. The number of hydrogen-bond donors (Lipinski definition) is 0. The molecule has 0 amide bonds. The van der Waals surface area contributed by atoms with Crippen molar-refractivity contribution in [2.75, 3.05) is 19.6 Å². The summed E-state index contributed by atoms with van der Waals surface area (Å²) in [6.45, 7) is 2.83. The molecule has 1 unspecified atom stereocenters. The molecule has 5 heteroatoms.